The second-order valence-electron chi connectivity index (χ2n) is 3.06. The molecule has 0 amide bonds. The predicted molar refractivity (Wildman–Crippen MR) is 54.8 cm³/mol. The zero-order valence-electron chi connectivity index (χ0n) is 7.64. The van der Waals surface area contributed by atoms with Crippen molar-refractivity contribution in [2.24, 2.45) is 0 Å². The number of carbonyl (C=O) groups is 1. The van der Waals surface area contributed by atoms with Gasteiger partial charge in [0.25, 0.3) is 0 Å². The van der Waals surface area contributed by atoms with E-state index in [0.717, 1.165) is 6.20 Å². The van der Waals surface area contributed by atoms with Crippen molar-refractivity contribution in [3.05, 3.63) is 30.0 Å². The Morgan fingerprint density at radius 2 is 2.13 bits per heavy atom. The van der Waals surface area contributed by atoms with Crippen LogP contribution >= 0.6 is 0 Å². The molecule has 0 saturated heterocycles. The number of carboxylic acid groups (broad SMARTS) is 1. The standard InChI is InChI=1S/C10H8N2O3/c11-8-5-2-1-3-7(13)9(5)12-4-6(8)10(14)15/h1-4,13H,(H2,11,12)(H,14,15). The van der Waals surface area contributed by atoms with Gasteiger partial charge in [-0.3, -0.25) is 4.98 Å². The van der Waals surface area contributed by atoms with Gasteiger partial charge in [-0.15, -0.1) is 0 Å². The SMILES string of the molecule is Nc1c(C(=O)O)cnc2c(O)cccc12. The number of phenolic OH excluding ortho intramolecular Hbond substituents is 1. The van der Waals surface area contributed by atoms with E-state index in [9.17, 15) is 9.90 Å². The van der Waals surface area contributed by atoms with E-state index in [4.69, 9.17) is 10.8 Å². The van der Waals surface area contributed by atoms with Gasteiger partial charge in [-0.2, -0.15) is 0 Å². The molecule has 0 fully saturated rings. The van der Waals surface area contributed by atoms with E-state index in [1.807, 2.05) is 0 Å². The zero-order chi connectivity index (χ0) is 11.0. The summed E-state index contributed by atoms with van der Waals surface area (Å²) in [6.07, 6.45) is 1.14. The topological polar surface area (TPSA) is 96.4 Å². The average molecular weight is 204 g/mol. The molecule has 4 N–H and O–H groups in total. The number of nitrogens with zero attached hydrogens (tertiary/aromatic N) is 1. The van der Waals surface area contributed by atoms with Crippen LogP contribution in [-0.4, -0.2) is 21.2 Å². The minimum Gasteiger partial charge on any atom is -0.506 e. The Hall–Kier alpha value is -2.30. The highest BCUT2D eigenvalue weighted by atomic mass is 16.4. The predicted octanol–water partition coefficient (Wildman–Crippen LogP) is 1.22. The van der Waals surface area contributed by atoms with E-state index in [0.29, 0.717) is 10.9 Å². The molecule has 0 bridgehead atoms. The van der Waals surface area contributed by atoms with Crippen LogP contribution < -0.4 is 5.73 Å². The molecule has 1 heterocycles. The highest BCUT2D eigenvalue weighted by molar-refractivity contribution is 6.04. The van der Waals surface area contributed by atoms with Crippen LogP contribution in [0, 0.1) is 0 Å². The average Bonchev–Trinajstić information content (AvgIpc) is 2.19. The minimum absolute atomic E-state index is 0.0175. The number of rotatable bonds is 1. The summed E-state index contributed by atoms with van der Waals surface area (Å²) in [6, 6.07) is 4.67. The first-order chi connectivity index (χ1) is 7.11. The molecule has 0 aliphatic carbocycles. The molecule has 0 atom stereocenters. The maximum atomic E-state index is 10.8. The third-order valence-corrected chi connectivity index (χ3v) is 2.15. The Kier molecular flexibility index (Phi) is 1.93. The van der Waals surface area contributed by atoms with Gasteiger partial charge in [-0.1, -0.05) is 12.1 Å². The number of nitrogens with two attached hydrogens (primary N) is 1. The largest absolute Gasteiger partial charge is 0.506 e. The maximum Gasteiger partial charge on any atom is 0.339 e. The van der Waals surface area contributed by atoms with Gasteiger partial charge < -0.3 is 15.9 Å². The number of aromatic hydroxyl groups is 1. The van der Waals surface area contributed by atoms with Crippen LogP contribution in [0.15, 0.2) is 24.4 Å². The first kappa shape index (κ1) is 9.26. The van der Waals surface area contributed by atoms with Gasteiger partial charge in [-0.25, -0.2) is 4.79 Å². The molecule has 0 radical (unpaired) electrons. The summed E-state index contributed by atoms with van der Waals surface area (Å²) in [5.41, 5.74) is 6.01. The lowest BCUT2D eigenvalue weighted by molar-refractivity contribution is 0.0698. The molecule has 5 nitrogen and oxygen atoms in total. The maximum absolute atomic E-state index is 10.8. The lowest BCUT2D eigenvalue weighted by Crippen LogP contribution is -2.03. The highest BCUT2D eigenvalue weighted by Gasteiger charge is 2.12. The number of para-hydroxylation sites is 1. The third kappa shape index (κ3) is 1.34. The quantitative estimate of drug-likeness (QED) is 0.649. The van der Waals surface area contributed by atoms with Crippen molar-refractivity contribution in [3.63, 3.8) is 0 Å². The molecule has 1 aromatic carbocycles. The molecular formula is C10H8N2O3. The van der Waals surface area contributed by atoms with E-state index in [2.05, 4.69) is 4.98 Å². The van der Waals surface area contributed by atoms with E-state index in [1.165, 1.54) is 6.07 Å². The van der Waals surface area contributed by atoms with Gasteiger partial charge >= 0.3 is 5.97 Å². The fourth-order valence-corrected chi connectivity index (χ4v) is 1.40. The molecule has 2 aromatic rings. The lowest BCUT2D eigenvalue weighted by Gasteiger charge is -2.05. The van der Waals surface area contributed by atoms with Crippen LogP contribution in [0.2, 0.25) is 0 Å². The Labute approximate surface area is 84.8 Å². The van der Waals surface area contributed by atoms with Crippen LogP contribution in [0.3, 0.4) is 0 Å². The van der Waals surface area contributed by atoms with Crippen LogP contribution in [0.4, 0.5) is 5.69 Å². The number of fused-ring (bicyclic) bond motifs is 1. The van der Waals surface area contributed by atoms with Crippen molar-refractivity contribution in [3.8, 4) is 5.75 Å². The molecule has 76 valence electrons. The van der Waals surface area contributed by atoms with E-state index < -0.39 is 5.97 Å². The molecule has 0 aliphatic rings. The van der Waals surface area contributed by atoms with Crippen molar-refractivity contribution < 1.29 is 15.0 Å². The molecule has 15 heavy (non-hydrogen) atoms. The number of benzene rings is 1. The summed E-state index contributed by atoms with van der Waals surface area (Å²) >= 11 is 0. The number of hydrogen-bond donors (Lipinski definition) is 3. The second-order valence-corrected chi connectivity index (χ2v) is 3.06. The Morgan fingerprint density at radius 1 is 1.40 bits per heavy atom. The Balaban J connectivity index is 2.86. The van der Waals surface area contributed by atoms with Crippen LogP contribution in [0.5, 0.6) is 5.75 Å². The molecular weight excluding hydrogens is 196 g/mol. The zero-order valence-corrected chi connectivity index (χ0v) is 7.64. The molecule has 1 aromatic heterocycles. The van der Waals surface area contributed by atoms with E-state index >= 15 is 0 Å². The van der Waals surface area contributed by atoms with Crippen LogP contribution in [-0.2, 0) is 0 Å². The molecule has 0 saturated carbocycles. The number of carboxylic acids is 1. The van der Waals surface area contributed by atoms with Gasteiger partial charge in [-0.05, 0) is 6.07 Å². The van der Waals surface area contributed by atoms with Gasteiger partial charge in [0.1, 0.15) is 16.8 Å². The van der Waals surface area contributed by atoms with Crippen molar-refractivity contribution in [1.29, 1.82) is 0 Å². The van der Waals surface area contributed by atoms with Crippen LogP contribution in [0.1, 0.15) is 10.4 Å². The van der Waals surface area contributed by atoms with Crippen molar-refractivity contribution in [2.45, 2.75) is 0 Å². The van der Waals surface area contributed by atoms with E-state index in [1.54, 1.807) is 12.1 Å². The summed E-state index contributed by atoms with van der Waals surface area (Å²) in [6.45, 7) is 0. The fourth-order valence-electron chi connectivity index (χ4n) is 1.40. The van der Waals surface area contributed by atoms with Crippen molar-refractivity contribution in [1.82, 2.24) is 4.98 Å². The summed E-state index contributed by atoms with van der Waals surface area (Å²) in [4.78, 5) is 14.6. The molecule has 0 unspecified atom stereocenters. The van der Waals surface area contributed by atoms with Crippen LogP contribution in [0.25, 0.3) is 10.9 Å². The summed E-state index contributed by atoms with van der Waals surface area (Å²) < 4.78 is 0. The number of nitrogen functional groups attached to an aromatic ring is 1. The number of hydrogen-bond acceptors (Lipinski definition) is 4. The van der Waals surface area contributed by atoms with Gasteiger partial charge in [0.15, 0.2) is 0 Å². The summed E-state index contributed by atoms with van der Waals surface area (Å²) in [5, 5.41) is 18.7. The first-order valence-electron chi connectivity index (χ1n) is 4.20. The monoisotopic (exact) mass is 204 g/mol. The van der Waals surface area contributed by atoms with Crippen molar-refractivity contribution in [2.75, 3.05) is 5.73 Å². The molecule has 0 spiro atoms. The number of pyridine rings is 1. The smallest absolute Gasteiger partial charge is 0.339 e. The van der Waals surface area contributed by atoms with E-state index in [-0.39, 0.29) is 17.0 Å². The molecule has 5 heteroatoms. The summed E-state index contributed by atoms with van der Waals surface area (Å²) in [5.74, 6) is -1.15. The van der Waals surface area contributed by atoms with Gasteiger partial charge in [0.2, 0.25) is 0 Å². The second kappa shape index (κ2) is 3.13. The number of aromatic nitrogens is 1. The Morgan fingerprint density at radius 3 is 2.80 bits per heavy atom. The Bertz CT molecular complexity index is 552. The normalized spacial score (nSPS) is 10.4. The van der Waals surface area contributed by atoms with Crippen molar-refractivity contribution >= 4 is 22.6 Å². The van der Waals surface area contributed by atoms with Gasteiger partial charge in [0, 0.05) is 11.6 Å². The molecule has 0 aliphatic heterocycles. The first-order valence-corrected chi connectivity index (χ1v) is 4.20. The highest BCUT2D eigenvalue weighted by Crippen LogP contribution is 2.28. The minimum atomic E-state index is -1.13. The fraction of sp³-hybridized carbons (Fsp3) is 0. The number of anilines is 1. The third-order valence-electron chi connectivity index (χ3n) is 2.15. The lowest BCUT2D eigenvalue weighted by atomic mass is 10.1. The summed E-state index contributed by atoms with van der Waals surface area (Å²) in [7, 11) is 0. The number of phenols is 1. The van der Waals surface area contributed by atoms with Gasteiger partial charge in [0.05, 0.1) is 5.69 Å². The molecule has 2 rings (SSSR count). The number of aromatic carboxylic acids is 1.